The summed E-state index contributed by atoms with van der Waals surface area (Å²) in [5.74, 6) is 0.666. The molecule has 1 aliphatic carbocycles. The van der Waals surface area contributed by atoms with Gasteiger partial charge in [0.15, 0.2) is 0 Å². The van der Waals surface area contributed by atoms with Gasteiger partial charge in [0.25, 0.3) is 0 Å². The molecule has 0 radical (unpaired) electrons. The molecular weight excluding hydrogens is 344 g/mol. The third-order valence-electron chi connectivity index (χ3n) is 6.79. The molecule has 0 bridgehead atoms. The summed E-state index contributed by atoms with van der Waals surface area (Å²) in [5, 5.41) is 7.16. The number of carbonyl (C=O) groups is 2. The molecule has 4 rings (SSSR count). The van der Waals surface area contributed by atoms with Crippen molar-refractivity contribution in [3.63, 3.8) is 0 Å². The molecule has 1 unspecified atom stereocenters. The number of nitrogens with one attached hydrogen (secondary N) is 1. The lowest BCUT2D eigenvalue weighted by Gasteiger charge is -2.35. The Kier molecular flexibility index (Phi) is 4.97. The van der Waals surface area contributed by atoms with Gasteiger partial charge in [0.1, 0.15) is 0 Å². The van der Waals surface area contributed by atoms with Gasteiger partial charge in [0.2, 0.25) is 11.8 Å². The zero-order valence-corrected chi connectivity index (χ0v) is 16.4. The van der Waals surface area contributed by atoms with Crippen molar-refractivity contribution in [3.8, 4) is 0 Å². The lowest BCUT2D eigenvalue weighted by Crippen LogP contribution is -2.51. The van der Waals surface area contributed by atoms with E-state index in [2.05, 4.69) is 10.2 Å². The second-order valence-electron chi connectivity index (χ2n) is 8.35. The van der Waals surface area contributed by atoms with Crippen molar-refractivity contribution in [2.75, 3.05) is 39.4 Å². The Morgan fingerprint density at radius 3 is 2.44 bits per heavy atom. The number of nitrogens with zero attached hydrogens (tertiary/aromatic N) is 3. The first-order chi connectivity index (χ1) is 13.0. The van der Waals surface area contributed by atoms with Crippen LogP contribution >= 0.6 is 0 Å². The van der Waals surface area contributed by atoms with Crippen molar-refractivity contribution in [1.82, 2.24) is 20.0 Å². The highest BCUT2D eigenvalue weighted by Crippen LogP contribution is 2.59. The van der Waals surface area contributed by atoms with Gasteiger partial charge < -0.3 is 14.5 Å². The van der Waals surface area contributed by atoms with Crippen LogP contribution in [0.4, 0.5) is 0 Å². The topological polar surface area (TPSA) is 78.5 Å². The van der Waals surface area contributed by atoms with Crippen LogP contribution in [0.1, 0.15) is 42.6 Å². The molecule has 3 heterocycles. The molecule has 1 saturated carbocycles. The van der Waals surface area contributed by atoms with Crippen molar-refractivity contribution >= 4 is 11.8 Å². The van der Waals surface area contributed by atoms with Gasteiger partial charge in [-0.05, 0) is 50.5 Å². The Bertz CT molecular complexity index is 695. The van der Waals surface area contributed by atoms with Gasteiger partial charge in [0, 0.05) is 57.4 Å². The second kappa shape index (κ2) is 7.26. The largest absolute Gasteiger partial charge is 0.381 e. The molecule has 3 fully saturated rings. The maximum absolute atomic E-state index is 12.8. The van der Waals surface area contributed by atoms with E-state index in [1.165, 1.54) is 0 Å². The van der Waals surface area contributed by atoms with Crippen LogP contribution in [-0.2, 0) is 20.7 Å². The van der Waals surface area contributed by atoms with Crippen molar-refractivity contribution in [1.29, 1.82) is 0 Å². The lowest BCUT2D eigenvalue weighted by atomic mass is 9.93. The van der Waals surface area contributed by atoms with E-state index in [4.69, 9.17) is 4.74 Å². The lowest BCUT2D eigenvalue weighted by molar-refractivity contribution is -0.141. The predicted octanol–water partition coefficient (Wildman–Crippen LogP) is 1.45. The summed E-state index contributed by atoms with van der Waals surface area (Å²) in [5.41, 5.74) is 3.39. The summed E-state index contributed by atoms with van der Waals surface area (Å²) >= 11 is 0. The molecule has 1 atom stereocenters. The number of carbonyl (C=O) groups excluding carboxylic acids is 2. The van der Waals surface area contributed by atoms with Crippen molar-refractivity contribution in [2.24, 2.45) is 11.3 Å². The SMILES string of the molecule is Cc1n[nH]c(C)c1CCC(=O)N1CCN(C(=O)C2CC23CCOCC3)CC1. The van der Waals surface area contributed by atoms with Crippen LogP contribution in [0, 0.1) is 25.2 Å². The number of rotatable bonds is 4. The van der Waals surface area contributed by atoms with E-state index in [1.54, 1.807) is 0 Å². The first kappa shape index (κ1) is 18.5. The third-order valence-corrected chi connectivity index (χ3v) is 6.79. The molecule has 2 aliphatic heterocycles. The smallest absolute Gasteiger partial charge is 0.226 e. The first-order valence-corrected chi connectivity index (χ1v) is 10.1. The minimum Gasteiger partial charge on any atom is -0.381 e. The highest BCUT2D eigenvalue weighted by Gasteiger charge is 2.59. The van der Waals surface area contributed by atoms with Gasteiger partial charge in [-0.25, -0.2) is 0 Å². The van der Waals surface area contributed by atoms with Crippen LogP contribution < -0.4 is 0 Å². The second-order valence-corrected chi connectivity index (χ2v) is 8.35. The predicted molar refractivity (Wildman–Crippen MR) is 100 cm³/mol. The zero-order chi connectivity index (χ0) is 19.0. The highest BCUT2D eigenvalue weighted by atomic mass is 16.5. The van der Waals surface area contributed by atoms with E-state index in [0.717, 1.165) is 55.8 Å². The molecule has 1 aromatic heterocycles. The molecule has 7 nitrogen and oxygen atoms in total. The first-order valence-electron chi connectivity index (χ1n) is 10.1. The molecule has 2 amide bonds. The summed E-state index contributed by atoms with van der Waals surface area (Å²) in [6.45, 7) is 8.18. The van der Waals surface area contributed by atoms with E-state index in [1.807, 2.05) is 23.6 Å². The highest BCUT2D eigenvalue weighted by molar-refractivity contribution is 5.83. The monoisotopic (exact) mass is 374 g/mol. The average molecular weight is 374 g/mol. The van der Waals surface area contributed by atoms with Crippen LogP contribution in [0.3, 0.4) is 0 Å². The maximum Gasteiger partial charge on any atom is 0.226 e. The Morgan fingerprint density at radius 2 is 1.81 bits per heavy atom. The molecule has 27 heavy (non-hydrogen) atoms. The van der Waals surface area contributed by atoms with Gasteiger partial charge in [-0.15, -0.1) is 0 Å². The Labute approximate surface area is 160 Å². The van der Waals surface area contributed by atoms with Gasteiger partial charge in [-0.3, -0.25) is 14.7 Å². The summed E-state index contributed by atoms with van der Waals surface area (Å²) in [6, 6.07) is 0. The molecule has 1 N–H and O–H groups in total. The van der Waals surface area contributed by atoms with E-state index >= 15 is 0 Å². The van der Waals surface area contributed by atoms with E-state index in [0.29, 0.717) is 38.5 Å². The fourth-order valence-electron chi connectivity index (χ4n) is 4.76. The molecule has 148 valence electrons. The molecule has 7 heteroatoms. The Hall–Kier alpha value is -1.89. The van der Waals surface area contributed by atoms with Gasteiger partial charge in [-0.1, -0.05) is 0 Å². The number of ether oxygens (including phenoxy) is 1. The number of hydrogen-bond acceptors (Lipinski definition) is 4. The quantitative estimate of drug-likeness (QED) is 0.865. The van der Waals surface area contributed by atoms with Crippen molar-refractivity contribution in [2.45, 2.75) is 46.0 Å². The molecule has 1 spiro atoms. The molecule has 2 saturated heterocycles. The van der Waals surface area contributed by atoms with Crippen LogP contribution in [0.2, 0.25) is 0 Å². The third kappa shape index (κ3) is 3.61. The standard InChI is InChI=1S/C20H30N4O3/c1-14-16(15(2)22-21-14)3-4-18(25)23-7-9-24(10-8-23)19(26)17-13-20(17)5-11-27-12-6-20/h17H,3-13H2,1-2H3,(H,21,22). The average Bonchev–Trinajstić information content (AvgIpc) is 3.28. The van der Waals surface area contributed by atoms with Crippen LogP contribution in [0.15, 0.2) is 0 Å². The number of amides is 2. The molecule has 1 aromatic rings. The fourth-order valence-corrected chi connectivity index (χ4v) is 4.76. The van der Waals surface area contributed by atoms with Gasteiger partial charge >= 0.3 is 0 Å². The Morgan fingerprint density at radius 1 is 1.15 bits per heavy atom. The van der Waals surface area contributed by atoms with Crippen LogP contribution in [0.25, 0.3) is 0 Å². The molecule has 0 aromatic carbocycles. The van der Waals surface area contributed by atoms with Gasteiger partial charge in [-0.2, -0.15) is 5.10 Å². The minimum atomic E-state index is 0.175. The van der Waals surface area contributed by atoms with Crippen molar-refractivity contribution in [3.05, 3.63) is 17.0 Å². The normalized spacial score (nSPS) is 24.3. The minimum absolute atomic E-state index is 0.175. The van der Waals surface area contributed by atoms with Gasteiger partial charge in [0.05, 0.1) is 5.69 Å². The number of hydrogen-bond donors (Lipinski definition) is 1. The number of aryl methyl sites for hydroxylation is 2. The fraction of sp³-hybridized carbons (Fsp3) is 0.750. The molecular formula is C20H30N4O3. The number of H-pyrrole nitrogens is 1. The zero-order valence-electron chi connectivity index (χ0n) is 16.4. The van der Waals surface area contributed by atoms with E-state index < -0.39 is 0 Å². The summed E-state index contributed by atoms with van der Waals surface area (Å²) in [4.78, 5) is 29.3. The molecule has 3 aliphatic rings. The summed E-state index contributed by atoms with van der Waals surface area (Å²) in [7, 11) is 0. The Balaban J connectivity index is 1.24. The van der Waals surface area contributed by atoms with Crippen LogP contribution in [0.5, 0.6) is 0 Å². The summed E-state index contributed by atoms with van der Waals surface area (Å²) in [6.07, 6.45) is 4.29. The van der Waals surface area contributed by atoms with Crippen molar-refractivity contribution < 1.29 is 14.3 Å². The maximum atomic E-state index is 12.8. The van der Waals surface area contributed by atoms with E-state index in [-0.39, 0.29) is 17.2 Å². The van der Waals surface area contributed by atoms with Crippen LogP contribution in [-0.4, -0.2) is 71.2 Å². The van der Waals surface area contributed by atoms with E-state index in [9.17, 15) is 9.59 Å². The number of piperazine rings is 1. The number of aromatic amines is 1. The number of aromatic nitrogens is 2. The summed E-state index contributed by atoms with van der Waals surface area (Å²) < 4.78 is 5.45.